The maximum atomic E-state index is 13.4. The number of tetrazole rings is 1. The van der Waals surface area contributed by atoms with Crippen molar-refractivity contribution in [3.8, 4) is 11.5 Å². The van der Waals surface area contributed by atoms with Gasteiger partial charge < -0.3 is 20.1 Å². The number of rotatable bonds is 7. The highest BCUT2D eigenvalue weighted by Crippen LogP contribution is 2.36. The van der Waals surface area contributed by atoms with Crippen molar-refractivity contribution >= 4 is 17.5 Å². The molecule has 0 saturated heterocycles. The summed E-state index contributed by atoms with van der Waals surface area (Å²) in [5.41, 5.74) is 2.63. The molecule has 2 aromatic carbocycles. The van der Waals surface area contributed by atoms with Gasteiger partial charge in [0.1, 0.15) is 17.5 Å². The van der Waals surface area contributed by atoms with Crippen molar-refractivity contribution in [1.29, 1.82) is 0 Å². The van der Waals surface area contributed by atoms with E-state index < -0.39 is 6.04 Å². The van der Waals surface area contributed by atoms with Gasteiger partial charge in [0.15, 0.2) is 0 Å². The maximum Gasteiger partial charge on any atom is 0.255 e. The number of methoxy groups -OCH3 is 1. The van der Waals surface area contributed by atoms with Crippen molar-refractivity contribution < 1.29 is 14.3 Å². The minimum absolute atomic E-state index is 0.271. The molecule has 2 N–H and O–H groups in total. The Bertz CT molecular complexity index is 1110. The quantitative estimate of drug-likeness (QED) is 0.604. The van der Waals surface area contributed by atoms with Gasteiger partial charge in [0.2, 0.25) is 5.95 Å². The molecule has 1 atom stereocenters. The fourth-order valence-corrected chi connectivity index (χ4v) is 3.52. The predicted molar refractivity (Wildman–Crippen MR) is 116 cm³/mol. The van der Waals surface area contributed by atoms with Crippen LogP contribution in [0.2, 0.25) is 0 Å². The van der Waals surface area contributed by atoms with Gasteiger partial charge in [-0.05, 0) is 53.6 Å². The zero-order valence-electron chi connectivity index (χ0n) is 17.6. The first-order chi connectivity index (χ1) is 15.1. The van der Waals surface area contributed by atoms with Crippen molar-refractivity contribution in [1.82, 2.24) is 20.2 Å². The number of nitrogens with zero attached hydrogens (tertiary/aromatic N) is 4. The maximum absolute atomic E-state index is 13.4. The number of anilines is 2. The third-order valence-corrected chi connectivity index (χ3v) is 4.98. The van der Waals surface area contributed by atoms with Crippen molar-refractivity contribution in [3.63, 3.8) is 0 Å². The number of allylic oxidation sites excluding steroid dienone is 1. The molecule has 0 spiro atoms. The average molecular weight is 420 g/mol. The van der Waals surface area contributed by atoms with E-state index in [1.54, 1.807) is 23.9 Å². The molecule has 0 bridgehead atoms. The summed E-state index contributed by atoms with van der Waals surface area (Å²) in [6, 6.07) is 14.4. The zero-order chi connectivity index (χ0) is 21.8. The third kappa shape index (κ3) is 4.07. The molecule has 1 aliphatic rings. The summed E-state index contributed by atoms with van der Waals surface area (Å²) < 4.78 is 12.7. The van der Waals surface area contributed by atoms with E-state index in [4.69, 9.17) is 9.47 Å². The number of amides is 1. The number of hydrogen-bond acceptors (Lipinski definition) is 7. The van der Waals surface area contributed by atoms with E-state index in [0.717, 1.165) is 17.7 Å². The summed E-state index contributed by atoms with van der Waals surface area (Å²) in [4.78, 5) is 13.4. The summed E-state index contributed by atoms with van der Waals surface area (Å²) in [5, 5.41) is 18.0. The van der Waals surface area contributed by atoms with Crippen LogP contribution in [0.1, 0.15) is 31.9 Å². The van der Waals surface area contributed by atoms with Crippen LogP contribution in [0.15, 0.2) is 59.8 Å². The van der Waals surface area contributed by atoms with Crippen LogP contribution in [0.3, 0.4) is 0 Å². The molecular formula is C22H24N6O3. The highest BCUT2D eigenvalue weighted by atomic mass is 16.5. The van der Waals surface area contributed by atoms with Crippen LogP contribution in [0.5, 0.6) is 11.5 Å². The van der Waals surface area contributed by atoms with Crippen LogP contribution in [0, 0.1) is 0 Å². The lowest BCUT2D eigenvalue weighted by Gasteiger charge is -2.28. The minimum atomic E-state index is -0.499. The molecule has 31 heavy (non-hydrogen) atoms. The molecule has 0 fully saturated rings. The highest BCUT2D eigenvalue weighted by Gasteiger charge is 2.34. The lowest BCUT2D eigenvalue weighted by molar-refractivity contribution is -0.113. The number of ether oxygens (including phenoxy) is 2. The number of benzene rings is 2. The highest BCUT2D eigenvalue weighted by molar-refractivity contribution is 6.06. The number of carbonyl (C=O) groups excluding carboxylic acids is 1. The smallest absolute Gasteiger partial charge is 0.255 e. The molecule has 0 saturated carbocycles. The SMILES string of the molecule is CCCOc1ccc([C@@H]2C(C(=O)Nc3ccccc3OC)=C(C)Nc3nnnn32)cc1. The van der Waals surface area contributed by atoms with Crippen LogP contribution in [-0.2, 0) is 4.79 Å². The molecule has 4 rings (SSSR count). The van der Waals surface area contributed by atoms with E-state index in [-0.39, 0.29) is 5.91 Å². The van der Waals surface area contributed by atoms with Gasteiger partial charge >= 0.3 is 0 Å². The Kier molecular flexibility index (Phi) is 5.83. The lowest BCUT2D eigenvalue weighted by Crippen LogP contribution is -2.31. The van der Waals surface area contributed by atoms with Gasteiger partial charge in [-0.3, -0.25) is 4.79 Å². The van der Waals surface area contributed by atoms with Crippen molar-refractivity contribution in [2.24, 2.45) is 0 Å². The molecule has 9 nitrogen and oxygen atoms in total. The van der Waals surface area contributed by atoms with Crippen LogP contribution in [0.25, 0.3) is 0 Å². The second-order valence-electron chi connectivity index (χ2n) is 7.09. The molecule has 3 aromatic rings. The van der Waals surface area contributed by atoms with Gasteiger partial charge in [-0.25, -0.2) is 0 Å². The topological polar surface area (TPSA) is 103 Å². The normalized spacial score (nSPS) is 15.1. The van der Waals surface area contributed by atoms with Crippen molar-refractivity contribution in [2.75, 3.05) is 24.4 Å². The first kappa shape index (κ1) is 20.4. The second kappa shape index (κ2) is 8.86. The van der Waals surface area contributed by atoms with E-state index >= 15 is 0 Å². The first-order valence-electron chi connectivity index (χ1n) is 10.0. The standard InChI is InChI=1S/C22H24N6O3/c1-4-13-31-16-11-9-15(10-12-16)20-19(14(2)23-22-25-26-27-28(20)22)21(29)24-17-7-5-6-8-18(17)30-3/h5-12,20H,4,13H2,1-3H3,(H,24,29)(H,23,25,27)/t20-/m1/s1. The van der Waals surface area contributed by atoms with Gasteiger partial charge in [0, 0.05) is 5.70 Å². The summed E-state index contributed by atoms with van der Waals surface area (Å²) in [6.45, 7) is 4.54. The van der Waals surface area contributed by atoms with Gasteiger partial charge in [-0.15, -0.1) is 0 Å². The fraction of sp³-hybridized carbons (Fsp3) is 0.273. The van der Waals surface area contributed by atoms with Gasteiger partial charge in [0.25, 0.3) is 5.91 Å². The fourth-order valence-electron chi connectivity index (χ4n) is 3.52. The summed E-state index contributed by atoms with van der Waals surface area (Å²) in [5.74, 6) is 1.56. The molecule has 0 radical (unpaired) electrons. The van der Waals surface area contributed by atoms with Crippen LogP contribution in [-0.4, -0.2) is 39.8 Å². The zero-order valence-corrected chi connectivity index (χ0v) is 17.6. The van der Waals surface area contributed by atoms with Crippen LogP contribution >= 0.6 is 0 Å². The number of para-hydroxylation sites is 2. The third-order valence-electron chi connectivity index (χ3n) is 4.98. The van der Waals surface area contributed by atoms with E-state index in [9.17, 15) is 4.79 Å². The Hall–Kier alpha value is -3.88. The molecule has 9 heteroatoms. The van der Waals surface area contributed by atoms with E-state index in [1.165, 1.54) is 0 Å². The average Bonchev–Trinajstić information content (AvgIpc) is 3.25. The Labute approximate surface area is 180 Å². The summed E-state index contributed by atoms with van der Waals surface area (Å²) in [6.07, 6.45) is 0.930. The summed E-state index contributed by atoms with van der Waals surface area (Å²) in [7, 11) is 1.57. The molecule has 1 aliphatic heterocycles. The van der Waals surface area contributed by atoms with Crippen LogP contribution < -0.4 is 20.1 Å². The number of carbonyl (C=O) groups is 1. The molecule has 1 amide bonds. The monoisotopic (exact) mass is 420 g/mol. The molecular weight excluding hydrogens is 396 g/mol. The van der Waals surface area contributed by atoms with Crippen molar-refractivity contribution in [3.05, 3.63) is 65.4 Å². The Morgan fingerprint density at radius 1 is 1.19 bits per heavy atom. The largest absolute Gasteiger partial charge is 0.495 e. The number of hydrogen-bond donors (Lipinski definition) is 2. The molecule has 0 aliphatic carbocycles. The number of aromatic nitrogens is 4. The van der Waals surface area contributed by atoms with Gasteiger partial charge in [0.05, 0.1) is 25.0 Å². The van der Waals surface area contributed by atoms with E-state index in [0.29, 0.717) is 35.3 Å². The van der Waals surface area contributed by atoms with Gasteiger partial charge in [-0.1, -0.05) is 36.3 Å². The summed E-state index contributed by atoms with van der Waals surface area (Å²) >= 11 is 0. The Morgan fingerprint density at radius 2 is 1.97 bits per heavy atom. The Balaban J connectivity index is 1.70. The molecule has 1 aromatic heterocycles. The lowest BCUT2D eigenvalue weighted by atomic mass is 9.95. The number of nitrogens with one attached hydrogen (secondary N) is 2. The van der Waals surface area contributed by atoms with E-state index in [1.807, 2.05) is 43.3 Å². The second-order valence-corrected chi connectivity index (χ2v) is 7.09. The Morgan fingerprint density at radius 3 is 2.71 bits per heavy atom. The van der Waals surface area contributed by atoms with Crippen molar-refractivity contribution in [2.45, 2.75) is 26.3 Å². The van der Waals surface area contributed by atoms with E-state index in [2.05, 4.69) is 33.1 Å². The molecule has 0 unspecified atom stereocenters. The number of fused-ring (bicyclic) bond motifs is 1. The van der Waals surface area contributed by atoms with Crippen LogP contribution in [0.4, 0.5) is 11.6 Å². The minimum Gasteiger partial charge on any atom is -0.495 e. The molecule has 160 valence electrons. The van der Waals surface area contributed by atoms with Gasteiger partial charge in [-0.2, -0.15) is 4.68 Å². The predicted octanol–water partition coefficient (Wildman–Crippen LogP) is 3.40. The first-order valence-corrected chi connectivity index (χ1v) is 10.0. The molecule has 2 heterocycles.